The second kappa shape index (κ2) is 5.56. The van der Waals surface area contributed by atoms with Gasteiger partial charge in [0.2, 0.25) is 0 Å². The third-order valence-electron chi connectivity index (χ3n) is 2.94. The molecule has 0 aliphatic carbocycles. The zero-order chi connectivity index (χ0) is 13.8. The van der Waals surface area contributed by atoms with Crippen LogP contribution in [0, 0.1) is 13.8 Å². The molecule has 19 heavy (non-hydrogen) atoms. The largest absolute Gasteiger partial charge is 0.334 e. The zero-order valence-electron chi connectivity index (χ0n) is 11.4. The first-order chi connectivity index (χ1) is 9.06. The van der Waals surface area contributed by atoms with E-state index in [9.17, 15) is 4.79 Å². The molecule has 1 aromatic carbocycles. The lowest BCUT2D eigenvalue weighted by atomic mass is 10.1. The number of hydrogen-bond donors (Lipinski definition) is 2. The fraction of sp³-hybridized carbons (Fsp3) is 0.286. The first-order valence-corrected chi connectivity index (χ1v) is 6.16. The normalized spacial score (nSPS) is 10.3. The SMILES string of the molecule is Cc1cc(NC(=O)NCc2ccccc2C)n(C)n1. The summed E-state index contributed by atoms with van der Waals surface area (Å²) in [6.45, 7) is 4.42. The number of hydrogen-bond acceptors (Lipinski definition) is 2. The highest BCUT2D eigenvalue weighted by Crippen LogP contribution is 2.08. The molecule has 0 saturated heterocycles. The van der Waals surface area contributed by atoms with Gasteiger partial charge in [0.15, 0.2) is 0 Å². The van der Waals surface area contributed by atoms with Gasteiger partial charge < -0.3 is 5.32 Å². The van der Waals surface area contributed by atoms with E-state index in [1.807, 2.05) is 44.2 Å². The van der Waals surface area contributed by atoms with Crippen LogP contribution in [0.25, 0.3) is 0 Å². The van der Waals surface area contributed by atoms with Gasteiger partial charge in [-0.2, -0.15) is 5.10 Å². The second-order valence-corrected chi connectivity index (χ2v) is 4.53. The molecule has 0 aliphatic heterocycles. The molecule has 0 saturated carbocycles. The Hall–Kier alpha value is -2.30. The van der Waals surface area contributed by atoms with Crippen molar-refractivity contribution < 1.29 is 4.79 Å². The number of amides is 2. The van der Waals surface area contributed by atoms with Gasteiger partial charge in [-0.15, -0.1) is 0 Å². The summed E-state index contributed by atoms with van der Waals surface area (Å²) in [7, 11) is 1.80. The summed E-state index contributed by atoms with van der Waals surface area (Å²) in [6, 6.07) is 9.58. The Bertz CT molecular complexity index is 589. The van der Waals surface area contributed by atoms with Gasteiger partial charge in [-0.25, -0.2) is 4.79 Å². The summed E-state index contributed by atoms with van der Waals surface area (Å²) in [5, 5.41) is 9.78. The predicted octanol–water partition coefficient (Wildman–Crippen LogP) is 2.36. The molecule has 5 nitrogen and oxygen atoms in total. The van der Waals surface area contributed by atoms with Crippen LogP contribution in [0.2, 0.25) is 0 Å². The number of nitrogens with one attached hydrogen (secondary N) is 2. The molecule has 0 atom stereocenters. The molecule has 0 spiro atoms. The standard InChI is InChI=1S/C14H18N4O/c1-10-6-4-5-7-12(10)9-15-14(19)16-13-8-11(2)17-18(13)3/h4-8H,9H2,1-3H3,(H2,15,16,19). The first-order valence-electron chi connectivity index (χ1n) is 6.16. The lowest BCUT2D eigenvalue weighted by Crippen LogP contribution is -2.29. The molecule has 2 rings (SSSR count). The molecule has 2 N–H and O–H groups in total. The average molecular weight is 258 g/mol. The van der Waals surface area contributed by atoms with E-state index >= 15 is 0 Å². The lowest BCUT2D eigenvalue weighted by Gasteiger charge is -2.09. The van der Waals surface area contributed by atoms with E-state index in [0.29, 0.717) is 12.4 Å². The Morgan fingerprint density at radius 2 is 2.05 bits per heavy atom. The van der Waals surface area contributed by atoms with E-state index < -0.39 is 0 Å². The van der Waals surface area contributed by atoms with E-state index in [1.165, 1.54) is 5.56 Å². The van der Waals surface area contributed by atoms with Crippen molar-refractivity contribution in [2.24, 2.45) is 7.05 Å². The van der Waals surface area contributed by atoms with Crippen molar-refractivity contribution in [3.05, 3.63) is 47.2 Å². The third-order valence-corrected chi connectivity index (χ3v) is 2.94. The fourth-order valence-corrected chi connectivity index (χ4v) is 1.87. The summed E-state index contributed by atoms with van der Waals surface area (Å²) in [5.74, 6) is 0.680. The zero-order valence-corrected chi connectivity index (χ0v) is 11.4. The molecule has 0 unspecified atom stereocenters. The van der Waals surface area contributed by atoms with E-state index in [1.54, 1.807) is 11.7 Å². The van der Waals surface area contributed by atoms with Crippen molar-refractivity contribution in [2.75, 3.05) is 5.32 Å². The molecule has 0 radical (unpaired) electrons. The van der Waals surface area contributed by atoms with E-state index in [-0.39, 0.29) is 6.03 Å². The Morgan fingerprint density at radius 3 is 2.68 bits per heavy atom. The van der Waals surface area contributed by atoms with E-state index in [2.05, 4.69) is 15.7 Å². The summed E-state index contributed by atoms with van der Waals surface area (Å²) < 4.78 is 1.64. The number of aromatic nitrogens is 2. The van der Waals surface area contributed by atoms with Crippen LogP contribution in [-0.2, 0) is 13.6 Å². The third kappa shape index (κ3) is 3.34. The summed E-state index contributed by atoms with van der Waals surface area (Å²) in [4.78, 5) is 11.8. The highest BCUT2D eigenvalue weighted by atomic mass is 16.2. The topological polar surface area (TPSA) is 59.0 Å². The minimum Gasteiger partial charge on any atom is -0.334 e. The van der Waals surface area contributed by atoms with Crippen LogP contribution >= 0.6 is 0 Å². The number of anilines is 1. The maximum absolute atomic E-state index is 11.8. The van der Waals surface area contributed by atoms with Gasteiger partial charge in [0.1, 0.15) is 5.82 Å². The smallest absolute Gasteiger partial charge is 0.320 e. The molecule has 0 aliphatic rings. The van der Waals surface area contributed by atoms with Crippen molar-refractivity contribution >= 4 is 11.8 Å². The van der Waals surface area contributed by atoms with Gasteiger partial charge >= 0.3 is 6.03 Å². The molecular weight excluding hydrogens is 240 g/mol. The van der Waals surface area contributed by atoms with Crippen LogP contribution in [0.5, 0.6) is 0 Å². The van der Waals surface area contributed by atoms with Crippen molar-refractivity contribution in [3.8, 4) is 0 Å². The molecule has 2 amide bonds. The van der Waals surface area contributed by atoms with Crippen molar-refractivity contribution in [1.29, 1.82) is 0 Å². The van der Waals surface area contributed by atoms with Crippen molar-refractivity contribution in [3.63, 3.8) is 0 Å². The molecule has 100 valence electrons. The maximum atomic E-state index is 11.8. The molecule has 1 heterocycles. The number of carbonyl (C=O) groups excluding carboxylic acids is 1. The molecule has 1 aromatic heterocycles. The number of aryl methyl sites for hydroxylation is 3. The van der Waals surface area contributed by atoms with Crippen LogP contribution in [0.15, 0.2) is 30.3 Å². The fourth-order valence-electron chi connectivity index (χ4n) is 1.87. The predicted molar refractivity (Wildman–Crippen MR) is 75.0 cm³/mol. The summed E-state index contributed by atoms with van der Waals surface area (Å²) in [6.07, 6.45) is 0. The number of carbonyl (C=O) groups is 1. The first kappa shape index (κ1) is 13.1. The van der Waals surface area contributed by atoms with Crippen LogP contribution in [0.1, 0.15) is 16.8 Å². The number of nitrogens with zero attached hydrogens (tertiary/aromatic N) is 2. The Kier molecular flexibility index (Phi) is 3.85. The van der Waals surface area contributed by atoms with Gasteiger partial charge in [-0.05, 0) is 25.0 Å². The summed E-state index contributed by atoms with van der Waals surface area (Å²) >= 11 is 0. The highest BCUT2D eigenvalue weighted by Gasteiger charge is 2.06. The van der Waals surface area contributed by atoms with Gasteiger partial charge in [-0.3, -0.25) is 10.00 Å². The maximum Gasteiger partial charge on any atom is 0.320 e. The molecule has 0 fully saturated rings. The van der Waals surface area contributed by atoms with Crippen LogP contribution in [0.3, 0.4) is 0 Å². The van der Waals surface area contributed by atoms with Crippen molar-refractivity contribution in [1.82, 2.24) is 15.1 Å². The molecule has 0 bridgehead atoms. The molecule has 5 heteroatoms. The quantitative estimate of drug-likeness (QED) is 0.888. The summed E-state index contributed by atoms with van der Waals surface area (Å²) in [5.41, 5.74) is 3.15. The van der Waals surface area contributed by atoms with Gasteiger partial charge in [0.05, 0.1) is 5.69 Å². The number of urea groups is 1. The highest BCUT2D eigenvalue weighted by molar-refractivity contribution is 5.88. The second-order valence-electron chi connectivity index (χ2n) is 4.53. The molecule has 2 aromatic rings. The van der Waals surface area contributed by atoms with Gasteiger partial charge in [-0.1, -0.05) is 24.3 Å². The van der Waals surface area contributed by atoms with Crippen LogP contribution in [0.4, 0.5) is 10.6 Å². The Balaban J connectivity index is 1.92. The molecular formula is C14H18N4O. The van der Waals surface area contributed by atoms with E-state index in [0.717, 1.165) is 11.3 Å². The van der Waals surface area contributed by atoms with Crippen LogP contribution in [-0.4, -0.2) is 15.8 Å². The Morgan fingerprint density at radius 1 is 1.32 bits per heavy atom. The number of benzene rings is 1. The minimum absolute atomic E-state index is 0.230. The van der Waals surface area contributed by atoms with E-state index in [4.69, 9.17) is 0 Å². The average Bonchev–Trinajstić information content (AvgIpc) is 2.67. The van der Waals surface area contributed by atoms with Gasteiger partial charge in [0.25, 0.3) is 0 Å². The van der Waals surface area contributed by atoms with Crippen LogP contribution < -0.4 is 10.6 Å². The van der Waals surface area contributed by atoms with Gasteiger partial charge in [0, 0.05) is 19.7 Å². The monoisotopic (exact) mass is 258 g/mol. The lowest BCUT2D eigenvalue weighted by molar-refractivity contribution is 0.251. The van der Waals surface area contributed by atoms with Crippen molar-refractivity contribution in [2.45, 2.75) is 20.4 Å². The number of rotatable bonds is 3. The minimum atomic E-state index is -0.230. The Labute approximate surface area is 112 Å².